The second-order valence-corrected chi connectivity index (χ2v) is 8.15. The summed E-state index contributed by atoms with van der Waals surface area (Å²) in [6.45, 7) is 3.59. The minimum absolute atomic E-state index is 0.0863. The summed E-state index contributed by atoms with van der Waals surface area (Å²) >= 11 is 3.46. The predicted octanol–water partition coefficient (Wildman–Crippen LogP) is 5.27. The summed E-state index contributed by atoms with van der Waals surface area (Å²) < 4.78 is 42.0. The molecule has 4 rings (SSSR count). The third-order valence-corrected chi connectivity index (χ3v) is 6.14. The van der Waals surface area contributed by atoms with Crippen molar-refractivity contribution in [3.63, 3.8) is 0 Å². The Bertz CT molecular complexity index is 1020. The molecule has 1 aliphatic heterocycles. The van der Waals surface area contributed by atoms with Crippen molar-refractivity contribution in [3.8, 4) is 11.3 Å². The number of rotatable bonds is 3. The van der Waals surface area contributed by atoms with Gasteiger partial charge in [-0.1, -0.05) is 28.4 Å². The molecular formula is C20H21BrF3N5. The first-order valence-corrected chi connectivity index (χ1v) is 10.3. The molecule has 0 aliphatic carbocycles. The van der Waals surface area contributed by atoms with E-state index in [0.29, 0.717) is 10.9 Å². The van der Waals surface area contributed by atoms with Gasteiger partial charge in [0.15, 0.2) is 0 Å². The highest BCUT2D eigenvalue weighted by atomic mass is 79.9. The number of H-pyrrole nitrogens is 1. The smallest absolute Gasteiger partial charge is 0.360 e. The van der Waals surface area contributed by atoms with Crippen molar-refractivity contribution in [2.75, 3.05) is 18.4 Å². The van der Waals surface area contributed by atoms with Gasteiger partial charge < -0.3 is 15.6 Å². The van der Waals surface area contributed by atoms with E-state index in [1.807, 2.05) is 13.0 Å². The van der Waals surface area contributed by atoms with Gasteiger partial charge in [-0.25, -0.2) is 9.97 Å². The molecule has 3 N–H and O–H groups in total. The number of nitrogens with zero attached hydrogens (tertiary/aromatic N) is 2. The monoisotopic (exact) mass is 467 g/mol. The molecule has 3 heterocycles. The molecule has 29 heavy (non-hydrogen) atoms. The second kappa shape index (κ2) is 7.95. The normalized spacial score (nSPS) is 18.0. The number of halogens is 4. The van der Waals surface area contributed by atoms with E-state index in [0.717, 1.165) is 54.1 Å². The first-order chi connectivity index (χ1) is 13.8. The van der Waals surface area contributed by atoms with Crippen LogP contribution in [0, 0.1) is 6.92 Å². The fraction of sp³-hybridized carbons (Fsp3) is 0.400. The van der Waals surface area contributed by atoms with Crippen molar-refractivity contribution in [2.24, 2.45) is 0 Å². The standard InChI is InChI=1S/C20H21BrF3N5/c1-11-16(21)6-5-13-14(9-26-17(11)13)18-15(20(22,23)24)10-27-19(29-18)28-12-4-2-3-7-25-8-12/h5-6,9-10,12,25-26H,2-4,7-8H2,1H3,(H,27,28,29)/t12-/m0/s1. The van der Waals surface area contributed by atoms with Crippen LogP contribution >= 0.6 is 15.9 Å². The summed E-state index contributed by atoms with van der Waals surface area (Å²) in [4.78, 5) is 11.4. The van der Waals surface area contributed by atoms with Crippen LogP contribution in [0.3, 0.4) is 0 Å². The van der Waals surface area contributed by atoms with Crippen molar-refractivity contribution in [1.82, 2.24) is 20.3 Å². The largest absolute Gasteiger partial charge is 0.419 e. The molecule has 3 aromatic rings. The van der Waals surface area contributed by atoms with E-state index in [1.165, 1.54) is 0 Å². The van der Waals surface area contributed by atoms with Gasteiger partial charge >= 0.3 is 6.18 Å². The van der Waals surface area contributed by atoms with Crippen LogP contribution in [0.1, 0.15) is 30.4 Å². The fourth-order valence-corrected chi connectivity index (χ4v) is 4.03. The van der Waals surface area contributed by atoms with Crippen LogP contribution in [0.25, 0.3) is 22.2 Å². The molecular weight excluding hydrogens is 447 g/mol. The summed E-state index contributed by atoms with van der Waals surface area (Å²) in [7, 11) is 0. The number of aryl methyl sites for hydroxylation is 1. The van der Waals surface area contributed by atoms with Crippen LogP contribution in [-0.2, 0) is 6.18 Å². The highest BCUT2D eigenvalue weighted by molar-refractivity contribution is 9.10. The maximum Gasteiger partial charge on any atom is 0.419 e. The molecule has 1 saturated heterocycles. The number of benzene rings is 1. The first kappa shape index (κ1) is 20.2. The highest BCUT2D eigenvalue weighted by Gasteiger charge is 2.36. The van der Waals surface area contributed by atoms with E-state index in [2.05, 4.69) is 41.5 Å². The lowest BCUT2D eigenvalue weighted by molar-refractivity contribution is -0.137. The number of fused-ring (bicyclic) bond motifs is 1. The Hall–Kier alpha value is -2.13. The molecule has 1 fully saturated rings. The van der Waals surface area contributed by atoms with Gasteiger partial charge in [-0.05, 0) is 37.9 Å². The lowest BCUT2D eigenvalue weighted by atomic mass is 10.0. The quantitative estimate of drug-likeness (QED) is 0.490. The lowest BCUT2D eigenvalue weighted by Gasteiger charge is -2.18. The van der Waals surface area contributed by atoms with Crippen LogP contribution in [-0.4, -0.2) is 34.1 Å². The van der Waals surface area contributed by atoms with Crippen LogP contribution in [0.5, 0.6) is 0 Å². The Morgan fingerprint density at radius 2 is 2.07 bits per heavy atom. The molecule has 1 aliphatic rings. The number of aromatic amines is 1. The van der Waals surface area contributed by atoms with Gasteiger partial charge in [0.25, 0.3) is 0 Å². The number of alkyl halides is 3. The predicted molar refractivity (Wildman–Crippen MR) is 111 cm³/mol. The average Bonchev–Trinajstić information content (AvgIpc) is 2.94. The zero-order chi connectivity index (χ0) is 20.6. The molecule has 0 saturated carbocycles. The third kappa shape index (κ3) is 4.11. The van der Waals surface area contributed by atoms with E-state index < -0.39 is 11.7 Å². The van der Waals surface area contributed by atoms with Gasteiger partial charge in [-0.15, -0.1) is 0 Å². The molecule has 0 bridgehead atoms. The molecule has 1 aromatic carbocycles. The van der Waals surface area contributed by atoms with E-state index in [9.17, 15) is 13.2 Å². The van der Waals surface area contributed by atoms with E-state index in [-0.39, 0.29) is 17.7 Å². The Labute approximate surface area is 174 Å². The summed E-state index contributed by atoms with van der Waals surface area (Å²) in [5.74, 6) is 0.213. The topological polar surface area (TPSA) is 65.6 Å². The number of aromatic nitrogens is 3. The van der Waals surface area contributed by atoms with Crippen LogP contribution in [0.4, 0.5) is 19.1 Å². The van der Waals surface area contributed by atoms with Gasteiger partial charge in [0.05, 0.1) is 11.2 Å². The van der Waals surface area contributed by atoms with Crippen molar-refractivity contribution in [3.05, 3.63) is 40.1 Å². The number of nitrogens with one attached hydrogen (secondary N) is 3. The van der Waals surface area contributed by atoms with Gasteiger partial charge in [0.2, 0.25) is 5.95 Å². The van der Waals surface area contributed by atoms with Gasteiger partial charge in [-0.2, -0.15) is 13.2 Å². The molecule has 0 radical (unpaired) electrons. The van der Waals surface area contributed by atoms with Crippen LogP contribution in [0.15, 0.2) is 29.0 Å². The number of hydrogen-bond acceptors (Lipinski definition) is 4. The van der Waals surface area contributed by atoms with Crippen molar-refractivity contribution in [2.45, 2.75) is 38.4 Å². The van der Waals surface area contributed by atoms with E-state index in [4.69, 9.17) is 0 Å². The molecule has 0 spiro atoms. The summed E-state index contributed by atoms with van der Waals surface area (Å²) in [5.41, 5.74) is 1.16. The number of anilines is 1. The van der Waals surface area contributed by atoms with Crippen LogP contribution < -0.4 is 10.6 Å². The molecule has 154 valence electrons. The zero-order valence-electron chi connectivity index (χ0n) is 15.8. The Kier molecular flexibility index (Phi) is 5.52. The van der Waals surface area contributed by atoms with Gasteiger partial charge in [-0.3, -0.25) is 0 Å². The molecule has 1 atom stereocenters. The fourth-order valence-electron chi connectivity index (χ4n) is 3.70. The van der Waals surface area contributed by atoms with Crippen LogP contribution in [0.2, 0.25) is 0 Å². The Balaban J connectivity index is 1.79. The highest BCUT2D eigenvalue weighted by Crippen LogP contribution is 2.39. The Morgan fingerprint density at radius 1 is 1.24 bits per heavy atom. The van der Waals surface area contributed by atoms with Crippen molar-refractivity contribution >= 4 is 32.8 Å². The minimum atomic E-state index is -4.55. The van der Waals surface area contributed by atoms with Crippen molar-refractivity contribution in [1.29, 1.82) is 0 Å². The molecule has 0 amide bonds. The van der Waals surface area contributed by atoms with E-state index >= 15 is 0 Å². The first-order valence-electron chi connectivity index (χ1n) is 9.52. The summed E-state index contributed by atoms with van der Waals surface area (Å²) in [5, 5.41) is 7.22. The minimum Gasteiger partial charge on any atom is -0.360 e. The number of hydrogen-bond donors (Lipinski definition) is 3. The van der Waals surface area contributed by atoms with Crippen molar-refractivity contribution < 1.29 is 13.2 Å². The molecule has 9 heteroatoms. The Morgan fingerprint density at radius 3 is 2.86 bits per heavy atom. The summed E-state index contributed by atoms with van der Waals surface area (Å²) in [6.07, 6.45) is 0.965. The maximum atomic E-state index is 13.7. The van der Waals surface area contributed by atoms with Gasteiger partial charge in [0, 0.05) is 40.4 Å². The van der Waals surface area contributed by atoms with Gasteiger partial charge in [0.1, 0.15) is 5.56 Å². The molecule has 5 nitrogen and oxygen atoms in total. The zero-order valence-corrected chi connectivity index (χ0v) is 17.4. The average molecular weight is 468 g/mol. The van der Waals surface area contributed by atoms with E-state index in [1.54, 1.807) is 12.3 Å². The molecule has 0 unspecified atom stereocenters. The lowest BCUT2D eigenvalue weighted by Crippen LogP contribution is -2.31. The molecule has 2 aromatic heterocycles. The second-order valence-electron chi connectivity index (χ2n) is 7.29. The SMILES string of the molecule is Cc1c(Br)ccc2c(-c3nc(N[C@H]4CCCCNC4)ncc3C(F)(F)F)c[nH]c12. The maximum absolute atomic E-state index is 13.7. The third-order valence-electron chi connectivity index (χ3n) is 5.28. The summed E-state index contributed by atoms with van der Waals surface area (Å²) in [6, 6.07) is 3.71.